The Morgan fingerprint density at radius 2 is 1.86 bits per heavy atom. The van der Waals surface area contributed by atoms with Gasteiger partial charge in [-0.25, -0.2) is 9.18 Å². The van der Waals surface area contributed by atoms with E-state index in [0.717, 1.165) is 0 Å². The summed E-state index contributed by atoms with van der Waals surface area (Å²) in [6, 6.07) is 9.52. The number of carbonyl (C=O) groups is 1. The highest BCUT2D eigenvalue weighted by Crippen LogP contribution is 2.32. The van der Waals surface area contributed by atoms with E-state index in [4.69, 9.17) is 15.2 Å². The van der Waals surface area contributed by atoms with Crippen molar-refractivity contribution in [3.63, 3.8) is 0 Å². The number of benzene rings is 2. The molecule has 2 N–H and O–H groups in total. The average molecular weight is 289 g/mol. The Labute approximate surface area is 122 Å². The van der Waals surface area contributed by atoms with Gasteiger partial charge in [-0.1, -0.05) is 18.2 Å². The molecule has 5 heteroatoms. The number of anilines is 1. The fraction of sp³-hybridized carbons (Fsp3) is 0.188. The Morgan fingerprint density at radius 3 is 2.57 bits per heavy atom. The van der Waals surface area contributed by atoms with Gasteiger partial charge in [-0.3, -0.25) is 0 Å². The molecule has 0 saturated carbocycles. The molecule has 2 aromatic rings. The van der Waals surface area contributed by atoms with Crippen molar-refractivity contribution in [3.8, 4) is 11.5 Å². The number of esters is 1. The third kappa shape index (κ3) is 3.13. The Balaban J connectivity index is 2.35. The molecule has 0 aliphatic carbocycles. The third-order valence-electron chi connectivity index (χ3n) is 2.94. The van der Waals surface area contributed by atoms with Gasteiger partial charge in [0, 0.05) is 0 Å². The van der Waals surface area contributed by atoms with Gasteiger partial charge >= 0.3 is 5.97 Å². The predicted octanol–water partition coefficient (Wildman–Crippen LogP) is 3.69. The Kier molecular flexibility index (Phi) is 4.42. The molecular weight excluding hydrogens is 273 g/mol. The summed E-state index contributed by atoms with van der Waals surface area (Å²) in [4.78, 5) is 11.8. The van der Waals surface area contributed by atoms with Crippen LogP contribution in [0.25, 0.3) is 0 Å². The molecule has 0 fully saturated rings. The van der Waals surface area contributed by atoms with Crippen LogP contribution in [-0.2, 0) is 4.74 Å². The molecule has 0 amide bonds. The zero-order valence-corrected chi connectivity index (χ0v) is 11.9. The van der Waals surface area contributed by atoms with Crippen LogP contribution in [-0.4, -0.2) is 12.6 Å². The van der Waals surface area contributed by atoms with Crippen LogP contribution in [0.3, 0.4) is 0 Å². The molecule has 110 valence electrons. The standard InChI is InChI=1S/C16H16FNO3/c1-3-20-16(19)11-7-5-9-13(15(11)18)21-12-8-4-6-10(2)14(12)17/h4-9H,3,18H2,1-2H3. The van der Waals surface area contributed by atoms with Crippen LogP contribution >= 0.6 is 0 Å². The lowest BCUT2D eigenvalue weighted by Gasteiger charge is -2.12. The molecule has 0 unspecified atom stereocenters. The van der Waals surface area contributed by atoms with E-state index in [0.29, 0.717) is 5.56 Å². The minimum Gasteiger partial charge on any atom is -0.462 e. The summed E-state index contributed by atoms with van der Waals surface area (Å²) in [5.41, 5.74) is 6.69. The van der Waals surface area contributed by atoms with Crippen molar-refractivity contribution in [1.82, 2.24) is 0 Å². The monoisotopic (exact) mass is 289 g/mol. The fourth-order valence-electron chi connectivity index (χ4n) is 1.84. The minimum absolute atomic E-state index is 0.0581. The predicted molar refractivity (Wildman–Crippen MR) is 78.0 cm³/mol. The van der Waals surface area contributed by atoms with Crippen LogP contribution in [0.1, 0.15) is 22.8 Å². The van der Waals surface area contributed by atoms with Gasteiger partial charge < -0.3 is 15.2 Å². The maximum Gasteiger partial charge on any atom is 0.340 e. The molecule has 0 aliphatic heterocycles. The SMILES string of the molecule is CCOC(=O)c1cccc(Oc2cccc(C)c2F)c1N. The number of carbonyl (C=O) groups excluding carboxylic acids is 1. The molecular formula is C16H16FNO3. The van der Waals surface area contributed by atoms with E-state index in [2.05, 4.69) is 0 Å². The lowest BCUT2D eigenvalue weighted by Crippen LogP contribution is -2.08. The Morgan fingerprint density at radius 1 is 1.19 bits per heavy atom. The van der Waals surface area contributed by atoms with Gasteiger partial charge in [0.25, 0.3) is 0 Å². The van der Waals surface area contributed by atoms with Gasteiger partial charge in [-0.15, -0.1) is 0 Å². The number of nitrogens with two attached hydrogens (primary N) is 1. The number of rotatable bonds is 4. The lowest BCUT2D eigenvalue weighted by molar-refractivity contribution is 0.0527. The molecule has 0 atom stereocenters. The molecule has 0 saturated heterocycles. The van der Waals surface area contributed by atoms with Crippen LogP contribution in [0, 0.1) is 12.7 Å². The molecule has 0 aliphatic rings. The van der Waals surface area contributed by atoms with Crippen LogP contribution in [0.2, 0.25) is 0 Å². The van der Waals surface area contributed by atoms with Crippen molar-refractivity contribution in [1.29, 1.82) is 0 Å². The van der Waals surface area contributed by atoms with Gasteiger partial charge in [0.1, 0.15) is 0 Å². The molecule has 0 heterocycles. The average Bonchev–Trinajstić information content (AvgIpc) is 2.46. The first-order valence-electron chi connectivity index (χ1n) is 6.53. The van der Waals surface area contributed by atoms with E-state index >= 15 is 0 Å². The second-order valence-corrected chi connectivity index (χ2v) is 4.43. The summed E-state index contributed by atoms with van der Waals surface area (Å²) in [5.74, 6) is -0.726. The molecule has 0 radical (unpaired) electrons. The van der Waals surface area contributed by atoms with E-state index in [1.54, 1.807) is 38.1 Å². The van der Waals surface area contributed by atoms with Crippen molar-refractivity contribution in [3.05, 3.63) is 53.3 Å². The van der Waals surface area contributed by atoms with Crippen molar-refractivity contribution < 1.29 is 18.7 Å². The fourth-order valence-corrected chi connectivity index (χ4v) is 1.84. The second-order valence-electron chi connectivity index (χ2n) is 4.43. The first-order valence-corrected chi connectivity index (χ1v) is 6.53. The third-order valence-corrected chi connectivity index (χ3v) is 2.94. The van der Waals surface area contributed by atoms with Gasteiger partial charge in [0.05, 0.1) is 17.9 Å². The molecule has 4 nitrogen and oxygen atoms in total. The van der Waals surface area contributed by atoms with E-state index in [9.17, 15) is 9.18 Å². The summed E-state index contributed by atoms with van der Waals surface area (Å²) in [6.45, 7) is 3.59. The number of ether oxygens (including phenoxy) is 2. The zero-order chi connectivity index (χ0) is 15.4. The number of halogens is 1. The van der Waals surface area contributed by atoms with Crippen LogP contribution < -0.4 is 10.5 Å². The molecule has 0 aromatic heterocycles. The zero-order valence-electron chi connectivity index (χ0n) is 11.9. The molecule has 0 spiro atoms. The van der Waals surface area contributed by atoms with E-state index in [1.807, 2.05) is 0 Å². The summed E-state index contributed by atoms with van der Waals surface area (Å²) >= 11 is 0. The number of para-hydroxylation sites is 1. The smallest absolute Gasteiger partial charge is 0.340 e. The van der Waals surface area contributed by atoms with Crippen LogP contribution in [0.15, 0.2) is 36.4 Å². The first-order chi connectivity index (χ1) is 10.0. The molecule has 2 aromatic carbocycles. The highest BCUT2D eigenvalue weighted by molar-refractivity contribution is 5.96. The Bertz CT molecular complexity index is 671. The highest BCUT2D eigenvalue weighted by atomic mass is 19.1. The maximum atomic E-state index is 13.9. The summed E-state index contributed by atoms with van der Waals surface area (Å²) in [7, 11) is 0. The lowest BCUT2D eigenvalue weighted by atomic mass is 10.1. The Hall–Kier alpha value is -2.56. The van der Waals surface area contributed by atoms with Crippen molar-refractivity contribution in [2.45, 2.75) is 13.8 Å². The largest absolute Gasteiger partial charge is 0.462 e. The minimum atomic E-state index is -0.537. The first kappa shape index (κ1) is 14.8. The van der Waals surface area contributed by atoms with Gasteiger partial charge in [-0.2, -0.15) is 0 Å². The van der Waals surface area contributed by atoms with E-state index in [-0.39, 0.29) is 29.4 Å². The summed E-state index contributed by atoms with van der Waals surface area (Å²) in [6.07, 6.45) is 0. The number of aryl methyl sites for hydroxylation is 1. The van der Waals surface area contributed by atoms with Gasteiger partial charge in [0.15, 0.2) is 17.3 Å². The van der Waals surface area contributed by atoms with Crippen LogP contribution in [0.5, 0.6) is 11.5 Å². The number of nitrogen functional groups attached to an aromatic ring is 1. The van der Waals surface area contributed by atoms with Crippen molar-refractivity contribution in [2.24, 2.45) is 0 Å². The van der Waals surface area contributed by atoms with Crippen molar-refractivity contribution >= 4 is 11.7 Å². The normalized spacial score (nSPS) is 10.2. The van der Waals surface area contributed by atoms with Gasteiger partial charge in [0.2, 0.25) is 0 Å². The summed E-state index contributed by atoms with van der Waals surface area (Å²) < 4.78 is 24.3. The van der Waals surface area contributed by atoms with Crippen LogP contribution in [0.4, 0.5) is 10.1 Å². The van der Waals surface area contributed by atoms with Gasteiger partial charge in [-0.05, 0) is 37.6 Å². The molecule has 0 bridgehead atoms. The quantitative estimate of drug-likeness (QED) is 0.689. The van der Waals surface area contributed by atoms with E-state index in [1.165, 1.54) is 12.1 Å². The number of hydrogen-bond acceptors (Lipinski definition) is 4. The number of hydrogen-bond donors (Lipinski definition) is 1. The summed E-state index contributed by atoms with van der Waals surface area (Å²) in [5, 5.41) is 0. The van der Waals surface area contributed by atoms with Crippen molar-refractivity contribution in [2.75, 3.05) is 12.3 Å². The second kappa shape index (κ2) is 6.26. The highest BCUT2D eigenvalue weighted by Gasteiger charge is 2.16. The topological polar surface area (TPSA) is 61.5 Å². The molecule has 21 heavy (non-hydrogen) atoms. The van der Waals surface area contributed by atoms with E-state index < -0.39 is 11.8 Å². The molecule has 2 rings (SSSR count). The maximum absolute atomic E-state index is 13.9.